The van der Waals surface area contributed by atoms with Gasteiger partial charge in [0.1, 0.15) is 0 Å². The second-order valence-electron chi connectivity index (χ2n) is 4.35. The lowest BCUT2D eigenvalue weighted by Gasteiger charge is -2.23. The number of nitro groups is 1. The van der Waals surface area contributed by atoms with Gasteiger partial charge in [0.25, 0.3) is 5.69 Å². The third-order valence-corrected chi connectivity index (χ3v) is 3.10. The van der Waals surface area contributed by atoms with Gasteiger partial charge in [0.2, 0.25) is 0 Å². The number of hydrogen-bond acceptors (Lipinski definition) is 5. The summed E-state index contributed by atoms with van der Waals surface area (Å²) in [5.41, 5.74) is 0.326. The zero-order valence-electron chi connectivity index (χ0n) is 10.3. The van der Waals surface area contributed by atoms with E-state index in [4.69, 9.17) is 0 Å². The van der Waals surface area contributed by atoms with E-state index in [-0.39, 0.29) is 11.3 Å². The number of carboxylic acid groups (broad SMARTS) is 1. The normalized spacial score (nSPS) is 15.9. The second-order valence-corrected chi connectivity index (χ2v) is 4.35. The topological polar surface area (TPSA) is 95.7 Å². The van der Waals surface area contributed by atoms with Crippen molar-refractivity contribution < 1.29 is 14.8 Å². The molecule has 0 aliphatic carbocycles. The van der Waals surface area contributed by atoms with E-state index in [0.717, 1.165) is 32.1 Å². The Morgan fingerprint density at radius 2 is 2.16 bits per heavy atom. The number of carbonyl (C=O) groups is 1. The van der Waals surface area contributed by atoms with Gasteiger partial charge in [-0.3, -0.25) is 10.1 Å². The van der Waals surface area contributed by atoms with Gasteiger partial charge in [-0.05, 0) is 19.0 Å². The van der Waals surface area contributed by atoms with Crippen LogP contribution in [-0.2, 0) is 0 Å². The molecular weight excluding hydrogens is 250 g/mol. The van der Waals surface area contributed by atoms with Gasteiger partial charge in [0.15, 0.2) is 0 Å². The highest BCUT2D eigenvalue weighted by Crippen LogP contribution is 2.26. The third kappa shape index (κ3) is 3.00. The van der Waals surface area contributed by atoms with Crippen LogP contribution in [0.2, 0.25) is 0 Å². The molecule has 0 atom stereocenters. The molecule has 7 nitrogen and oxygen atoms in total. The molecule has 102 valence electrons. The van der Waals surface area contributed by atoms with Crippen LogP contribution in [0.3, 0.4) is 0 Å². The van der Waals surface area contributed by atoms with Crippen molar-refractivity contribution in [3.8, 4) is 0 Å². The van der Waals surface area contributed by atoms with Crippen molar-refractivity contribution in [2.75, 3.05) is 31.1 Å². The Balaban J connectivity index is 2.37. The fourth-order valence-corrected chi connectivity index (χ4v) is 2.17. The van der Waals surface area contributed by atoms with E-state index in [9.17, 15) is 20.0 Å². The van der Waals surface area contributed by atoms with Crippen molar-refractivity contribution >= 4 is 17.3 Å². The molecule has 1 heterocycles. The van der Waals surface area contributed by atoms with Crippen LogP contribution in [0.1, 0.15) is 16.8 Å². The molecule has 1 fully saturated rings. The number of carboxylic acids is 1. The molecule has 1 aromatic rings. The molecule has 1 saturated heterocycles. The van der Waals surface area contributed by atoms with E-state index in [1.807, 2.05) is 4.90 Å². The van der Waals surface area contributed by atoms with Crippen LogP contribution in [0, 0.1) is 10.1 Å². The van der Waals surface area contributed by atoms with Gasteiger partial charge >= 0.3 is 5.97 Å². The van der Waals surface area contributed by atoms with Crippen LogP contribution < -0.4 is 10.2 Å². The van der Waals surface area contributed by atoms with E-state index in [1.165, 1.54) is 12.1 Å². The number of nitrogens with zero attached hydrogens (tertiary/aromatic N) is 2. The summed E-state index contributed by atoms with van der Waals surface area (Å²) in [5, 5.41) is 23.1. The molecule has 0 spiro atoms. The van der Waals surface area contributed by atoms with Crippen molar-refractivity contribution in [1.82, 2.24) is 5.32 Å². The molecule has 0 saturated carbocycles. The largest absolute Gasteiger partial charge is 0.478 e. The summed E-state index contributed by atoms with van der Waals surface area (Å²) in [7, 11) is 0. The number of nitrogens with one attached hydrogen (secondary N) is 1. The van der Waals surface area contributed by atoms with Crippen LogP contribution in [0.25, 0.3) is 0 Å². The van der Waals surface area contributed by atoms with Crippen LogP contribution in [0.4, 0.5) is 11.4 Å². The Labute approximate surface area is 110 Å². The zero-order chi connectivity index (χ0) is 13.8. The van der Waals surface area contributed by atoms with Crippen molar-refractivity contribution in [2.45, 2.75) is 6.42 Å². The lowest BCUT2D eigenvalue weighted by molar-refractivity contribution is -0.384. The smallest absolute Gasteiger partial charge is 0.338 e. The Morgan fingerprint density at radius 1 is 1.37 bits per heavy atom. The van der Waals surface area contributed by atoms with E-state index >= 15 is 0 Å². The molecule has 0 radical (unpaired) electrons. The molecular formula is C12H15N3O4. The van der Waals surface area contributed by atoms with E-state index in [2.05, 4.69) is 5.32 Å². The molecule has 2 rings (SSSR count). The van der Waals surface area contributed by atoms with Crippen LogP contribution >= 0.6 is 0 Å². The number of nitro benzene ring substituents is 1. The molecule has 19 heavy (non-hydrogen) atoms. The van der Waals surface area contributed by atoms with Gasteiger partial charge in [-0.2, -0.15) is 0 Å². The minimum Gasteiger partial charge on any atom is -0.478 e. The summed E-state index contributed by atoms with van der Waals surface area (Å²) in [6.07, 6.45) is 0.913. The van der Waals surface area contributed by atoms with Gasteiger partial charge in [0, 0.05) is 31.8 Å². The number of anilines is 1. The van der Waals surface area contributed by atoms with E-state index in [0.29, 0.717) is 12.2 Å². The first-order chi connectivity index (χ1) is 9.09. The summed E-state index contributed by atoms with van der Waals surface area (Å²) in [6.45, 7) is 3.10. The maximum absolute atomic E-state index is 11.3. The predicted molar refractivity (Wildman–Crippen MR) is 69.8 cm³/mol. The van der Waals surface area contributed by atoms with Gasteiger partial charge in [0.05, 0.1) is 16.2 Å². The van der Waals surface area contributed by atoms with Crippen LogP contribution in [0.15, 0.2) is 18.2 Å². The van der Waals surface area contributed by atoms with Crippen molar-refractivity contribution in [2.24, 2.45) is 0 Å². The first-order valence-electron chi connectivity index (χ1n) is 6.07. The number of hydrogen-bond donors (Lipinski definition) is 2. The predicted octanol–water partition coefficient (Wildman–Crippen LogP) is 1.09. The number of aromatic carboxylic acids is 1. The molecule has 0 unspecified atom stereocenters. The summed E-state index contributed by atoms with van der Waals surface area (Å²) >= 11 is 0. The number of rotatable bonds is 3. The highest BCUT2D eigenvalue weighted by atomic mass is 16.6. The average molecular weight is 265 g/mol. The number of non-ortho nitro benzene ring substituents is 1. The van der Waals surface area contributed by atoms with Gasteiger partial charge in [-0.25, -0.2) is 4.79 Å². The summed E-state index contributed by atoms with van der Waals surface area (Å²) in [5.74, 6) is -1.14. The van der Waals surface area contributed by atoms with Crippen LogP contribution in [-0.4, -0.2) is 42.2 Å². The van der Waals surface area contributed by atoms with Crippen molar-refractivity contribution in [3.63, 3.8) is 0 Å². The number of benzene rings is 1. The summed E-state index contributed by atoms with van der Waals surface area (Å²) < 4.78 is 0. The van der Waals surface area contributed by atoms with Crippen LogP contribution in [0.5, 0.6) is 0 Å². The minimum absolute atomic E-state index is 0.0175. The molecule has 1 aliphatic rings. The highest BCUT2D eigenvalue weighted by Gasteiger charge is 2.20. The first kappa shape index (κ1) is 13.3. The third-order valence-electron chi connectivity index (χ3n) is 3.10. The molecule has 2 N–H and O–H groups in total. The molecule has 7 heteroatoms. The quantitative estimate of drug-likeness (QED) is 0.627. The molecule has 1 aromatic carbocycles. The Kier molecular flexibility index (Phi) is 3.96. The standard InChI is InChI=1S/C12H15N3O4/c16-12(17)10-8-9(15(18)19)2-3-11(10)14-6-1-4-13-5-7-14/h2-3,8,13H,1,4-7H2,(H,16,17). The Morgan fingerprint density at radius 3 is 2.84 bits per heavy atom. The zero-order valence-corrected chi connectivity index (χ0v) is 10.3. The van der Waals surface area contributed by atoms with Crippen molar-refractivity contribution in [1.29, 1.82) is 0 Å². The summed E-state index contributed by atoms with van der Waals surface area (Å²) in [6, 6.07) is 3.99. The van der Waals surface area contributed by atoms with Gasteiger partial charge in [-0.1, -0.05) is 0 Å². The lowest BCUT2D eigenvalue weighted by atomic mass is 10.1. The average Bonchev–Trinajstić information content (AvgIpc) is 2.66. The van der Waals surface area contributed by atoms with Crippen molar-refractivity contribution in [3.05, 3.63) is 33.9 Å². The minimum atomic E-state index is -1.14. The Bertz CT molecular complexity index is 496. The fraction of sp³-hybridized carbons (Fsp3) is 0.417. The molecule has 0 aromatic heterocycles. The van der Waals surface area contributed by atoms with Gasteiger partial charge in [-0.15, -0.1) is 0 Å². The second kappa shape index (κ2) is 5.66. The molecule has 0 bridgehead atoms. The van der Waals surface area contributed by atoms with E-state index < -0.39 is 10.9 Å². The summed E-state index contributed by atoms with van der Waals surface area (Å²) in [4.78, 5) is 23.3. The first-order valence-corrected chi connectivity index (χ1v) is 6.07. The SMILES string of the molecule is O=C(O)c1cc([N+](=O)[O-])ccc1N1CCCNCC1. The molecule has 0 amide bonds. The Hall–Kier alpha value is -2.15. The monoisotopic (exact) mass is 265 g/mol. The van der Waals surface area contributed by atoms with Gasteiger partial charge < -0.3 is 15.3 Å². The lowest BCUT2D eigenvalue weighted by Crippen LogP contribution is -2.29. The maximum atomic E-state index is 11.3. The van der Waals surface area contributed by atoms with E-state index in [1.54, 1.807) is 0 Å². The fourth-order valence-electron chi connectivity index (χ4n) is 2.17. The maximum Gasteiger partial charge on any atom is 0.338 e. The highest BCUT2D eigenvalue weighted by molar-refractivity contribution is 5.95. The molecule has 1 aliphatic heterocycles.